The Morgan fingerprint density at radius 3 is 2.94 bits per heavy atom. The number of hydrogen-bond donors (Lipinski definition) is 2. The molecule has 0 fully saturated rings. The Balaban J connectivity index is 1.82. The zero-order chi connectivity index (χ0) is 11.4. The van der Waals surface area contributed by atoms with E-state index < -0.39 is 0 Å². The number of aryl methyl sites for hydroxylation is 1. The van der Waals surface area contributed by atoms with Crippen LogP contribution < -0.4 is 11.1 Å². The topological polar surface area (TPSA) is 63.8 Å². The van der Waals surface area contributed by atoms with Gasteiger partial charge in [-0.25, -0.2) is 9.97 Å². The predicted molar refractivity (Wildman–Crippen MR) is 67.7 cm³/mol. The Morgan fingerprint density at radius 2 is 2.31 bits per heavy atom. The quantitative estimate of drug-likeness (QED) is 0.850. The van der Waals surface area contributed by atoms with Gasteiger partial charge in [-0.15, -0.1) is 11.3 Å². The van der Waals surface area contributed by atoms with Crippen molar-refractivity contribution < 1.29 is 0 Å². The van der Waals surface area contributed by atoms with Gasteiger partial charge in [0.25, 0.3) is 0 Å². The van der Waals surface area contributed by atoms with Crippen molar-refractivity contribution in [1.82, 2.24) is 9.97 Å². The molecule has 0 aliphatic carbocycles. The third-order valence-corrected chi connectivity index (χ3v) is 2.99. The van der Waals surface area contributed by atoms with Crippen LogP contribution in [0.4, 0.5) is 11.5 Å². The third-order valence-electron chi connectivity index (χ3n) is 2.16. The van der Waals surface area contributed by atoms with Crippen molar-refractivity contribution in [3.63, 3.8) is 0 Å². The number of nitrogens with two attached hydrogens (primary N) is 1. The lowest BCUT2D eigenvalue weighted by atomic mass is 10.3. The summed E-state index contributed by atoms with van der Waals surface area (Å²) in [6.45, 7) is 2.88. The van der Waals surface area contributed by atoms with Crippen LogP contribution >= 0.6 is 11.3 Å². The van der Waals surface area contributed by atoms with Gasteiger partial charge in [-0.2, -0.15) is 0 Å². The zero-order valence-electron chi connectivity index (χ0n) is 9.10. The normalized spacial score (nSPS) is 10.3. The van der Waals surface area contributed by atoms with Gasteiger partial charge in [-0.1, -0.05) is 0 Å². The highest BCUT2D eigenvalue weighted by atomic mass is 32.1. The standard InChI is InChI=1S/C11H14N4S/c1-8-15-10(7-16-8)4-5-13-9-2-3-11(12)14-6-9/h2-3,6-7,13H,4-5H2,1H3,(H2,12,14). The maximum atomic E-state index is 5.50. The van der Waals surface area contributed by atoms with Gasteiger partial charge < -0.3 is 11.1 Å². The van der Waals surface area contributed by atoms with Crippen molar-refractivity contribution in [2.75, 3.05) is 17.6 Å². The Hall–Kier alpha value is -1.62. The first-order chi connectivity index (χ1) is 7.74. The van der Waals surface area contributed by atoms with E-state index in [0.717, 1.165) is 29.4 Å². The lowest BCUT2D eigenvalue weighted by Gasteiger charge is -2.04. The van der Waals surface area contributed by atoms with Crippen LogP contribution in [0.25, 0.3) is 0 Å². The summed E-state index contributed by atoms with van der Waals surface area (Å²) >= 11 is 1.68. The molecule has 0 aliphatic rings. The van der Waals surface area contributed by atoms with Gasteiger partial charge >= 0.3 is 0 Å². The number of nitrogens with zero attached hydrogens (tertiary/aromatic N) is 2. The number of thiazole rings is 1. The van der Waals surface area contributed by atoms with Crippen LogP contribution in [-0.2, 0) is 6.42 Å². The van der Waals surface area contributed by atoms with Crippen LogP contribution in [0.1, 0.15) is 10.7 Å². The van der Waals surface area contributed by atoms with E-state index in [9.17, 15) is 0 Å². The first-order valence-corrected chi connectivity index (χ1v) is 5.98. The third kappa shape index (κ3) is 2.93. The molecule has 0 saturated heterocycles. The highest BCUT2D eigenvalue weighted by Gasteiger charge is 1.98. The number of anilines is 2. The molecule has 4 nitrogen and oxygen atoms in total. The second kappa shape index (κ2) is 4.94. The summed E-state index contributed by atoms with van der Waals surface area (Å²) in [7, 11) is 0. The van der Waals surface area contributed by atoms with Gasteiger partial charge in [0.1, 0.15) is 5.82 Å². The molecular formula is C11H14N4S. The van der Waals surface area contributed by atoms with Crippen LogP contribution in [0.5, 0.6) is 0 Å². The number of hydrogen-bond acceptors (Lipinski definition) is 5. The van der Waals surface area contributed by atoms with E-state index in [4.69, 9.17) is 5.73 Å². The molecule has 0 bridgehead atoms. The summed E-state index contributed by atoms with van der Waals surface area (Å²) in [5.41, 5.74) is 7.63. The first-order valence-electron chi connectivity index (χ1n) is 5.10. The van der Waals surface area contributed by atoms with Gasteiger partial charge in [-0.05, 0) is 19.1 Å². The Bertz CT molecular complexity index is 449. The van der Waals surface area contributed by atoms with E-state index >= 15 is 0 Å². The molecule has 2 aromatic heterocycles. The Kier molecular flexibility index (Phi) is 3.36. The summed E-state index contributed by atoms with van der Waals surface area (Å²) < 4.78 is 0. The van der Waals surface area contributed by atoms with Crippen molar-refractivity contribution in [3.8, 4) is 0 Å². The minimum absolute atomic E-state index is 0.542. The fraction of sp³-hybridized carbons (Fsp3) is 0.273. The highest BCUT2D eigenvalue weighted by Crippen LogP contribution is 2.10. The summed E-state index contributed by atoms with van der Waals surface area (Å²) in [5.74, 6) is 0.542. The number of pyridine rings is 1. The molecule has 0 aliphatic heterocycles. The summed E-state index contributed by atoms with van der Waals surface area (Å²) in [5, 5.41) is 6.49. The Morgan fingerprint density at radius 1 is 1.44 bits per heavy atom. The molecule has 2 rings (SSSR count). The summed E-state index contributed by atoms with van der Waals surface area (Å²) in [4.78, 5) is 8.41. The smallest absolute Gasteiger partial charge is 0.123 e. The van der Waals surface area contributed by atoms with Crippen LogP contribution in [0, 0.1) is 6.92 Å². The molecule has 0 spiro atoms. The minimum atomic E-state index is 0.542. The van der Waals surface area contributed by atoms with Crippen molar-refractivity contribution in [2.24, 2.45) is 0 Å². The second-order valence-electron chi connectivity index (χ2n) is 3.51. The second-order valence-corrected chi connectivity index (χ2v) is 4.57. The highest BCUT2D eigenvalue weighted by molar-refractivity contribution is 7.09. The number of aromatic nitrogens is 2. The van der Waals surface area contributed by atoms with E-state index in [2.05, 4.69) is 20.7 Å². The average Bonchev–Trinajstić information content (AvgIpc) is 2.67. The number of rotatable bonds is 4. The van der Waals surface area contributed by atoms with E-state index in [-0.39, 0.29) is 0 Å². The summed E-state index contributed by atoms with van der Waals surface area (Å²) in [6.07, 6.45) is 2.66. The molecule has 2 aromatic rings. The van der Waals surface area contributed by atoms with Crippen molar-refractivity contribution >= 4 is 22.8 Å². The van der Waals surface area contributed by atoms with Crippen molar-refractivity contribution in [3.05, 3.63) is 34.4 Å². The molecule has 0 aromatic carbocycles. The predicted octanol–water partition coefficient (Wildman–Crippen LogP) is 2.08. The maximum Gasteiger partial charge on any atom is 0.123 e. The van der Waals surface area contributed by atoms with Crippen LogP contribution in [-0.4, -0.2) is 16.5 Å². The van der Waals surface area contributed by atoms with Gasteiger partial charge in [0, 0.05) is 18.3 Å². The lowest BCUT2D eigenvalue weighted by molar-refractivity contribution is 0.967. The molecule has 5 heteroatoms. The molecule has 2 heterocycles. The Labute approximate surface area is 98.6 Å². The largest absolute Gasteiger partial charge is 0.384 e. The minimum Gasteiger partial charge on any atom is -0.384 e. The first kappa shape index (κ1) is 10.9. The van der Waals surface area contributed by atoms with Gasteiger partial charge in [0.15, 0.2) is 0 Å². The molecule has 84 valence electrons. The molecule has 3 N–H and O–H groups in total. The monoisotopic (exact) mass is 234 g/mol. The van der Waals surface area contributed by atoms with Crippen LogP contribution in [0.2, 0.25) is 0 Å². The summed E-state index contributed by atoms with van der Waals surface area (Å²) in [6, 6.07) is 3.71. The van der Waals surface area contributed by atoms with E-state index in [0.29, 0.717) is 5.82 Å². The molecule has 0 amide bonds. The fourth-order valence-corrected chi connectivity index (χ4v) is 2.01. The van der Waals surface area contributed by atoms with E-state index in [1.54, 1.807) is 23.6 Å². The average molecular weight is 234 g/mol. The molecule has 16 heavy (non-hydrogen) atoms. The van der Waals surface area contributed by atoms with Crippen molar-refractivity contribution in [2.45, 2.75) is 13.3 Å². The number of nitrogens with one attached hydrogen (secondary N) is 1. The maximum absolute atomic E-state index is 5.50. The van der Waals surface area contributed by atoms with Crippen molar-refractivity contribution in [1.29, 1.82) is 0 Å². The number of nitrogen functional groups attached to an aromatic ring is 1. The molecule has 0 unspecified atom stereocenters. The molecule has 0 radical (unpaired) electrons. The van der Waals surface area contributed by atoms with E-state index in [1.165, 1.54) is 0 Å². The lowest BCUT2D eigenvalue weighted by Crippen LogP contribution is -2.05. The van der Waals surface area contributed by atoms with Crippen LogP contribution in [0.15, 0.2) is 23.7 Å². The fourth-order valence-electron chi connectivity index (χ4n) is 1.37. The van der Waals surface area contributed by atoms with E-state index in [1.807, 2.05) is 13.0 Å². The van der Waals surface area contributed by atoms with Gasteiger partial charge in [0.2, 0.25) is 0 Å². The molecular weight excluding hydrogens is 220 g/mol. The zero-order valence-corrected chi connectivity index (χ0v) is 9.92. The SMILES string of the molecule is Cc1nc(CCNc2ccc(N)nc2)cs1. The van der Waals surface area contributed by atoms with Gasteiger partial charge in [-0.3, -0.25) is 0 Å². The molecule has 0 atom stereocenters. The van der Waals surface area contributed by atoms with Crippen LogP contribution in [0.3, 0.4) is 0 Å². The molecule has 0 saturated carbocycles. The van der Waals surface area contributed by atoms with Gasteiger partial charge in [0.05, 0.1) is 22.6 Å².